The van der Waals surface area contributed by atoms with Gasteiger partial charge in [0.2, 0.25) is 0 Å². The highest BCUT2D eigenvalue weighted by Gasteiger charge is 2.25. The molecule has 7 N–H and O–H groups in total. The number of carboxylic acids is 3. The lowest BCUT2D eigenvalue weighted by molar-refractivity contribution is -0.138. The van der Waals surface area contributed by atoms with Crippen LogP contribution in [0.5, 0.6) is 17.2 Å². The molecule has 0 bridgehead atoms. The second kappa shape index (κ2) is 32.2. The number of aryl methyl sites for hydroxylation is 4. The van der Waals surface area contributed by atoms with Crippen LogP contribution in [0.4, 0.5) is 30.2 Å². The Hall–Kier alpha value is -5.42. The number of amides is 1. The Balaban J connectivity index is 0.000000185. The summed E-state index contributed by atoms with van der Waals surface area (Å²) in [7, 11) is 0. The highest BCUT2D eigenvalue weighted by atomic mass is 79.9. The fourth-order valence-electron chi connectivity index (χ4n) is 8.59. The number of aliphatic carboxylic acids is 3. The summed E-state index contributed by atoms with van der Waals surface area (Å²) in [6, 6.07) is 20.1. The first-order chi connectivity index (χ1) is 40.9. The molecule has 0 atom stereocenters. The molecule has 0 aromatic heterocycles. The normalized spacial score (nSPS) is 13.3. The minimum absolute atomic E-state index is 0.00732. The number of hydrogen-bond donors (Lipinski definition) is 7. The molecule has 14 nitrogen and oxygen atoms in total. The summed E-state index contributed by atoms with van der Waals surface area (Å²) in [6.45, 7) is 5.65. The molecule has 3 aliphatic rings. The maximum atomic E-state index is 14.9. The Bertz CT molecular complexity index is 3250. The molecule has 3 saturated carbocycles. The van der Waals surface area contributed by atoms with Crippen LogP contribution in [0.1, 0.15) is 101 Å². The van der Waals surface area contributed by atoms with Gasteiger partial charge in [0.15, 0.2) is 23.2 Å². The van der Waals surface area contributed by atoms with Crippen LogP contribution in [0.15, 0.2) is 90.7 Å². The Morgan fingerprint density at radius 3 is 1.24 bits per heavy atom. The van der Waals surface area contributed by atoms with E-state index in [1.165, 1.54) is 43.9 Å². The lowest BCUT2D eigenvalue weighted by Gasteiger charge is -2.15. The fraction of sp³-hybridized carbons (Fsp3) is 0.355. The Kier molecular flexibility index (Phi) is 25.5. The van der Waals surface area contributed by atoms with Crippen LogP contribution in [-0.4, -0.2) is 65.3 Å². The molecule has 0 unspecified atom stereocenters. The van der Waals surface area contributed by atoms with Crippen molar-refractivity contribution in [3.05, 3.63) is 168 Å². The van der Waals surface area contributed by atoms with Crippen molar-refractivity contribution in [2.45, 2.75) is 97.9 Å². The molecule has 6 aromatic carbocycles. The first-order valence-corrected chi connectivity index (χ1v) is 31.8. The third kappa shape index (κ3) is 21.4. The van der Waals surface area contributed by atoms with E-state index < -0.39 is 36.2 Å². The van der Waals surface area contributed by atoms with Gasteiger partial charge in [-0.05, 0) is 242 Å². The maximum absolute atomic E-state index is 14.9. The molecule has 1 amide bonds. The highest BCUT2D eigenvalue weighted by Crippen LogP contribution is 2.40. The number of carbonyl (C=O) groups excluding carboxylic acids is 1. The average Bonchev–Trinajstić information content (AvgIpc) is 4.36. The van der Waals surface area contributed by atoms with Crippen LogP contribution in [0.2, 0.25) is 15.1 Å². The molecule has 0 heterocycles. The number of carbonyl (C=O) groups is 4. The third-order valence-electron chi connectivity index (χ3n) is 13.7. The van der Waals surface area contributed by atoms with Crippen LogP contribution in [0.25, 0.3) is 0 Å². The molecule has 0 spiro atoms. The monoisotopic (exact) mass is 1500 g/mol. The predicted octanol–water partition coefficient (Wildman–Crippen LogP) is 17.2. The van der Waals surface area contributed by atoms with Crippen molar-refractivity contribution in [3.8, 4) is 17.2 Å². The van der Waals surface area contributed by atoms with Gasteiger partial charge in [0.05, 0.1) is 45.0 Å². The Morgan fingerprint density at radius 1 is 0.500 bits per heavy atom. The summed E-state index contributed by atoms with van der Waals surface area (Å²) in [6.07, 6.45) is 7.85. The zero-order valence-electron chi connectivity index (χ0n) is 46.7. The van der Waals surface area contributed by atoms with Crippen molar-refractivity contribution < 1.29 is 61.9 Å². The molecule has 0 radical (unpaired) electrons. The zero-order valence-corrected chi connectivity index (χ0v) is 55.3. The van der Waals surface area contributed by atoms with Crippen molar-refractivity contribution in [2.75, 3.05) is 42.1 Å². The van der Waals surface area contributed by atoms with Gasteiger partial charge in [-0.3, -0.25) is 19.2 Å². The largest absolute Gasteiger partial charge is 0.486 e. The lowest BCUT2D eigenvalue weighted by atomic mass is 10.1. The summed E-state index contributed by atoms with van der Waals surface area (Å²) in [5.74, 6) is -1.37. The van der Waals surface area contributed by atoms with E-state index in [4.69, 9.17) is 64.3 Å². The molecule has 0 saturated heterocycles. The number of halogens is 10. The molecule has 460 valence electrons. The van der Waals surface area contributed by atoms with Crippen LogP contribution in [-0.2, 0) is 47.0 Å². The molecular weight excluding hydrogens is 1440 g/mol. The van der Waals surface area contributed by atoms with Crippen molar-refractivity contribution in [1.29, 1.82) is 0 Å². The Labute approximate surface area is 545 Å². The standard InChI is InChI=1S/C21H21Br2FN2O4.C21H22Br2FNO3.C20H19Cl3FNO3/c1-11-4-14(19(24)17(5-11)25-8-12-2-3-12)10-30-20-15(22)6-13(7-16(20)23)21(29)26-9-18(27)28;1-12-6-15(20(24)18(7-12)25-10-13-2-3-13)11-28-21-16(22)8-14(9-17(21)23)4-5-19(26)27;21-14-7-13(19(24)17(8-14)25-9-11-1-2-11)10-28-20-15(22)5-12(6-16(20)23)3-4-18(26)27/h4-7,12,25H,2-3,8-10H2,1H3,(H,26,29)(H,27,28);6-9,13,25H,2-5,10-11H2,1H3,(H,26,27);5-8,11,25H,1-4,9-10H2,(H,26,27). The lowest BCUT2D eigenvalue weighted by Crippen LogP contribution is -2.29. The van der Waals surface area contributed by atoms with Gasteiger partial charge in [0.25, 0.3) is 5.91 Å². The summed E-state index contributed by atoms with van der Waals surface area (Å²) in [4.78, 5) is 44.1. The number of carboxylic acid groups (broad SMARTS) is 3. The van der Waals surface area contributed by atoms with Crippen LogP contribution >= 0.6 is 98.5 Å². The molecular formula is C62H62Br4Cl3F3N4O10. The summed E-state index contributed by atoms with van der Waals surface area (Å²) in [5.41, 5.74) is 6.27. The van der Waals surface area contributed by atoms with Gasteiger partial charge in [-0.1, -0.05) is 34.8 Å². The van der Waals surface area contributed by atoms with Crippen LogP contribution in [0, 0.1) is 49.1 Å². The van der Waals surface area contributed by atoms with Crippen LogP contribution < -0.4 is 35.5 Å². The van der Waals surface area contributed by atoms with Crippen molar-refractivity contribution in [1.82, 2.24) is 5.32 Å². The quantitative estimate of drug-likeness (QED) is 0.0257. The maximum Gasteiger partial charge on any atom is 0.322 e. The number of anilines is 3. The molecule has 6 aromatic rings. The zero-order chi connectivity index (χ0) is 62.4. The average molecular weight is 1510 g/mol. The predicted molar refractivity (Wildman–Crippen MR) is 342 cm³/mol. The number of nitrogens with one attached hydrogen (secondary N) is 4. The summed E-state index contributed by atoms with van der Waals surface area (Å²) >= 11 is 32.2. The number of rotatable bonds is 27. The number of ether oxygens (including phenoxy) is 3. The molecule has 24 heteroatoms. The first kappa shape index (κ1) is 68.1. The molecule has 86 heavy (non-hydrogen) atoms. The van der Waals surface area contributed by atoms with Crippen LogP contribution in [0.3, 0.4) is 0 Å². The van der Waals surface area contributed by atoms with E-state index >= 15 is 0 Å². The van der Waals surface area contributed by atoms with Gasteiger partial charge in [-0.2, -0.15) is 0 Å². The van der Waals surface area contributed by atoms with E-state index in [1.807, 2.05) is 32.0 Å². The van der Waals surface area contributed by atoms with Gasteiger partial charge < -0.3 is 50.8 Å². The van der Waals surface area contributed by atoms with E-state index in [0.29, 0.717) is 105 Å². The number of benzene rings is 6. The number of hydrogen-bond acceptors (Lipinski definition) is 10. The minimum atomic E-state index is -1.13. The van der Waals surface area contributed by atoms with E-state index in [2.05, 4.69) is 85.0 Å². The van der Waals surface area contributed by atoms with Gasteiger partial charge in [0.1, 0.15) is 37.9 Å². The van der Waals surface area contributed by atoms with E-state index in [1.54, 1.807) is 36.4 Å². The fourth-order valence-corrected chi connectivity index (χ4v) is 12.4. The summed E-state index contributed by atoms with van der Waals surface area (Å²) in [5, 5.41) is 38.9. The van der Waals surface area contributed by atoms with E-state index in [0.717, 1.165) is 42.6 Å². The van der Waals surface area contributed by atoms with Crippen molar-refractivity contribution in [2.24, 2.45) is 17.8 Å². The van der Waals surface area contributed by atoms with Gasteiger partial charge in [-0.15, -0.1) is 0 Å². The second-order valence-corrected chi connectivity index (χ2v) is 25.9. The topological polar surface area (TPSA) is 205 Å². The molecule has 3 aliphatic carbocycles. The van der Waals surface area contributed by atoms with E-state index in [9.17, 15) is 32.3 Å². The molecule has 0 aliphatic heterocycles. The van der Waals surface area contributed by atoms with Crippen molar-refractivity contribution >= 4 is 139 Å². The summed E-state index contributed by atoms with van der Waals surface area (Å²) < 4.78 is 64.2. The molecule has 3 fully saturated rings. The Morgan fingerprint density at radius 2 is 0.860 bits per heavy atom. The van der Waals surface area contributed by atoms with Gasteiger partial charge >= 0.3 is 17.9 Å². The second-order valence-electron chi connectivity index (χ2n) is 21.2. The first-order valence-electron chi connectivity index (χ1n) is 27.5. The van der Waals surface area contributed by atoms with Crippen molar-refractivity contribution in [3.63, 3.8) is 0 Å². The third-order valence-corrected chi connectivity index (χ3v) is 16.8. The SMILES string of the molecule is Cc1cc(COc2c(Br)cc(C(=O)NCC(=O)O)cc2Br)c(F)c(NCC2CC2)c1.Cc1cc(COc2c(Br)cc(CCC(=O)O)cc2Br)c(F)c(NCC2CC2)c1.O=C(O)CCc1cc(Cl)c(OCc2cc(Cl)cc(NCC3CC3)c2F)c(Cl)c1. The molecule has 9 rings (SSSR count). The van der Waals surface area contributed by atoms with Gasteiger partial charge in [-0.25, -0.2) is 13.2 Å². The minimum Gasteiger partial charge on any atom is -0.486 e. The highest BCUT2D eigenvalue weighted by molar-refractivity contribution is 9.11. The smallest absolute Gasteiger partial charge is 0.322 e. The van der Waals surface area contributed by atoms with Gasteiger partial charge in [0, 0.05) is 59.8 Å². The van der Waals surface area contributed by atoms with E-state index in [-0.39, 0.29) is 71.2 Å².